The van der Waals surface area contributed by atoms with Gasteiger partial charge in [0.05, 0.1) is 6.10 Å². The first kappa shape index (κ1) is 11.0. The van der Waals surface area contributed by atoms with Gasteiger partial charge < -0.3 is 10.4 Å². The molecule has 3 atom stereocenters. The molecular weight excluding hydrogens is 162 g/mol. The summed E-state index contributed by atoms with van der Waals surface area (Å²) in [6.07, 6.45) is 6.18. The van der Waals surface area contributed by atoms with Crippen LogP contribution >= 0.6 is 0 Å². The summed E-state index contributed by atoms with van der Waals surface area (Å²) in [6, 6.07) is 0.701. The van der Waals surface area contributed by atoms with Crippen molar-refractivity contribution in [2.45, 2.75) is 58.1 Å². The Hall–Kier alpha value is -0.0800. The Bertz CT molecular complexity index is 136. The maximum atomic E-state index is 9.11. The van der Waals surface area contributed by atoms with E-state index >= 15 is 0 Å². The van der Waals surface area contributed by atoms with Crippen molar-refractivity contribution in [1.82, 2.24) is 5.32 Å². The molecule has 0 saturated heterocycles. The average Bonchev–Trinajstić information content (AvgIpc) is 2.08. The van der Waals surface area contributed by atoms with Crippen LogP contribution in [0.1, 0.15) is 46.0 Å². The maximum absolute atomic E-state index is 9.11. The molecule has 1 saturated carbocycles. The molecule has 1 rings (SSSR count). The first-order valence-electron chi connectivity index (χ1n) is 5.61. The number of rotatable bonds is 4. The summed E-state index contributed by atoms with van der Waals surface area (Å²) in [5.41, 5.74) is 0. The zero-order valence-electron chi connectivity index (χ0n) is 8.92. The predicted octanol–water partition coefficient (Wildman–Crippen LogP) is 1.93. The fourth-order valence-electron chi connectivity index (χ4n) is 2.10. The van der Waals surface area contributed by atoms with Crippen LogP contribution in [0.2, 0.25) is 0 Å². The van der Waals surface area contributed by atoms with Crippen LogP contribution in [0.3, 0.4) is 0 Å². The number of aliphatic hydroxyl groups excluding tert-OH is 1. The standard InChI is InChI=1S/C11H23NO/c1-9-5-3-4-6-11(9)12-8-7-10(2)13/h9-13H,3-8H2,1-2H3/t9-,10+,11-/m1/s1. The molecule has 0 aliphatic heterocycles. The highest BCUT2D eigenvalue weighted by Crippen LogP contribution is 2.23. The molecule has 0 heterocycles. The monoisotopic (exact) mass is 185 g/mol. The quantitative estimate of drug-likeness (QED) is 0.701. The summed E-state index contributed by atoms with van der Waals surface area (Å²) >= 11 is 0. The van der Waals surface area contributed by atoms with Crippen LogP contribution in [-0.4, -0.2) is 23.8 Å². The van der Waals surface area contributed by atoms with E-state index in [2.05, 4.69) is 12.2 Å². The highest BCUT2D eigenvalue weighted by atomic mass is 16.3. The molecule has 2 nitrogen and oxygen atoms in total. The molecule has 0 aromatic carbocycles. The fourth-order valence-corrected chi connectivity index (χ4v) is 2.10. The second-order valence-corrected chi connectivity index (χ2v) is 4.46. The summed E-state index contributed by atoms with van der Waals surface area (Å²) in [5.74, 6) is 0.822. The number of hydrogen-bond acceptors (Lipinski definition) is 2. The van der Waals surface area contributed by atoms with Crippen molar-refractivity contribution in [2.75, 3.05) is 6.54 Å². The third kappa shape index (κ3) is 4.10. The summed E-state index contributed by atoms with van der Waals surface area (Å²) in [5, 5.41) is 12.7. The van der Waals surface area contributed by atoms with Gasteiger partial charge in [-0.2, -0.15) is 0 Å². The molecule has 2 heteroatoms. The molecule has 1 aliphatic carbocycles. The Kier molecular flexibility index (Phi) is 4.74. The summed E-state index contributed by atoms with van der Waals surface area (Å²) < 4.78 is 0. The zero-order chi connectivity index (χ0) is 9.68. The molecule has 0 aromatic heterocycles. The molecule has 0 unspecified atom stereocenters. The smallest absolute Gasteiger partial charge is 0.0524 e. The minimum absolute atomic E-state index is 0.161. The van der Waals surface area contributed by atoms with E-state index in [1.54, 1.807) is 0 Å². The summed E-state index contributed by atoms with van der Waals surface area (Å²) in [7, 11) is 0. The maximum Gasteiger partial charge on any atom is 0.0524 e. The minimum atomic E-state index is -0.161. The van der Waals surface area contributed by atoms with Gasteiger partial charge in [-0.15, -0.1) is 0 Å². The SMILES string of the molecule is C[C@H](O)CCN[C@@H]1CCCC[C@H]1C. The van der Waals surface area contributed by atoms with Crippen molar-refractivity contribution >= 4 is 0 Å². The molecule has 0 aromatic rings. The predicted molar refractivity (Wildman–Crippen MR) is 55.7 cm³/mol. The van der Waals surface area contributed by atoms with E-state index in [0.29, 0.717) is 6.04 Å². The van der Waals surface area contributed by atoms with Crippen molar-refractivity contribution in [3.05, 3.63) is 0 Å². The van der Waals surface area contributed by atoms with Crippen molar-refractivity contribution in [2.24, 2.45) is 5.92 Å². The average molecular weight is 185 g/mol. The van der Waals surface area contributed by atoms with Crippen LogP contribution in [0.25, 0.3) is 0 Å². The van der Waals surface area contributed by atoms with Gasteiger partial charge in [-0.3, -0.25) is 0 Å². The Morgan fingerprint density at radius 1 is 1.38 bits per heavy atom. The van der Waals surface area contributed by atoms with Crippen LogP contribution in [-0.2, 0) is 0 Å². The van der Waals surface area contributed by atoms with Crippen molar-refractivity contribution in [1.29, 1.82) is 0 Å². The van der Waals surface area contributed by atoms with Crippen LogP contribution in [0, 0.1) is 5.92 Å². The van der Waals surface area contributed by atoms with Gasteiger partial charge in [-0.1, -0.05) is 19.8 Å². The van der Waals surface area contributed by atoms with Gasteiger partial charge in [0.15, 0.2) is 0 Å². The van der Waals surface area contributed by atoms with E-state index in [9.17, 15) is 0 Å². The van der Waals surface area contributed by atoms with Crippen LogP contribution in [0.5, 0.6) is 0 Å². The van der Waals surface area contributed by atoms with Crippen molar-refractivity contribution in [3.63, 3.8) is 0 Å². The van der Waals surface area contributed by atoms with E-state index in [1.807, 2.05) is 6.92 Å². The first-order valence-corrected chi connectivity index (χ1v) is 5.61. The lowest BCUT2D eigenvalue weighted by Gasteiger charge is -2.29. The molecule has 0 spiro atoms. The van der Waals surface area contributed by atoms with E-state index in [4.69, 9.17) is 5.11 Å². The lowest BCUT2D eigenvalue weighted by atomic mass is 9.86. The summed E-state index contributed by atoms with van der Waals surface area (Å²) in [4.78, 5) is 0. The van der Waals surface area contributed by atoms with E-state index in [1.165, 1.54) is 25.7 Å². The van der Waals surface area contributed by atoms with Gasteiger partial charge in [-0.05, 0) is 38.6 Å². The molecule has 2 N–H and O–H groups in total. The normalized spacial score (nSPS) is 31.6. The Labute approximate surface area is 81.7 Å². The lowest BCUT2D eigenvalue weighted by molar-refractivity contribution is 0.177. The molecule has 13 heavy (non-hydrogen) atoms. The third-order valence-corrected chi connectivity index (χ3v) is 3.08. The molecular formula is C11H23NO. The largest absolute Gasteiger partial charge is 0.393 e. The molecule has 0 bridgehead atoms. The lowest BCUT2D eigenvalue weighted by Crippen LogP contribution is -2.38. The molecule has 0 amide bonds. The minimum Gasteiger partial charge on any atom is -0.393 e. The first-order chi connectivity index (χ1) is 6.20. The van der Waals surface area contributed by atoms with E-state index < -0.39 is 0 Å². The second kappa shape index (κ2) is 5.61. The number of hydrogen-bond donors (Lipinski definition) is 2. The van der Waals surface area contributed by atoms with E-state index in [0.717, 1.165) is 18.9 Å². The molecule has 1 fully saturated rings. The highest BCUT2D eigenvalue weighted by Gasteiger charge is 2.20. The van der Waals surface area contributed by atoms with Gasteiger partial charge >= 0.3 is 0 Å². The fraction of sp³-hybridized carbons (Fsp3) is 1.00. The Morgan fingerprint density at radius 3 is 2.69 bits per heavy atom. The molecule has 78 valence electrons. The highest BCUT2D eigenvalue weighted by molar-refractivity contribution is 4.77. The third-order valence-electron chi connectivity index (χ3n) is 3.08. The molecule has 1 aliphatic rings. The van der Waals surface area contributed by atoms with E-state index in [-0.39, 0.29) is 6.10 Å². The Morgan fingerprint density at radius 2 is 2.08 bits per heavy atom. The van der Waals surface area contributed by atoms with Gasteiger partial charge in [0, 0.05) is 6.04 Å². The van der Waals surface area contributed by atoms with Crippen molar-refractivity contribution in [3.8, 4) is 0 Å². The number of aliphatic hydroxyl groups is 1. The van der Waals surface area contributed by atoms with Crippen LogP contribution in [0.4, 0.5) is 0 Å². The van der Waals surface area contributed by atoms with Gasteiger partial charge in [0.1, 0.15) is 0 Å². The zero-order valence-corrected chi connectivity index (χ0v) is 8.92. The number of nitrogens with one attached hydrogen (secondary N) is 1. The topological polar surface area (TPSA) is 32.3 Å². The van der Waals surface area contributed by atoms with Crippen LogP contribution < -0.4 is 5.32 Å². The van der Waals surface area contributed by atoms with Crippen molar-refractivity contribution < 1.29 is 5.11 Å². The van der Waals surface area contributed by atoms with Crippen LogP contribution in [0.15, 0.2) is 0 Å². The summed E-state index contributed by atoms with van der Waals surface area (Å²) in [6.45, 7) is 5.15. The van der Waals surface area contributed by atoms with Gasteiger partial charge in [0.25, 0.3) is 0 Å². The van der Waals surface area contributed by atoms with Gasteiger partial charge in [-0.25, -0.2) is 0 Å². The molecule has 0 radical (unpaired) electrons. The Balaban J connectivity index is 2.11. The van der Waals surface area contributed by atoms with Gasteiger partial charge in [0.2, 0.25) is 0 Å². The second-order valence-electron chi connectivity index (χ2n) is 4.46.